The summed E-state index contributed by atoms with van der Waals surface area (Å²) in [5.74, 6) is -2.46. The summed E-state index contributed by atoms with van der Waals surface area (Å²) in [7, 11) is 0. The summed E-state index contributed by atoms with van der Waals surface area (Å²) in [5.41, 5.74) is 0.693. The lowest BCUT2D eigenvalue weighted by Gasteiger charge is -2.33. The summed E-state index contributed by atoms with van der Waals surface area (Å²) in [5, 5.41) is 5.15. The third kappa shape index (κ3) is 4.38. The smallest absolute Gasteiger partial charge is 0.329 e. The van der Waals surface area contributed by atoms with Crippen LogP contribution in [-0.2, 0) is 20.6 Å². The van der Waals surface area contributed by atoms with E-state index in [9.17, 15) is 27.6 Å². The topological polar surface area (TPSA) is 75.3 Å². The number of anilines is 1. The highest BCUT2D eigenvalue weighted by Gasteiger charge is 2.40. The second kappa shape index (κ2) is 8.02. The zero-order valence-electron chi connectivity index (χ0n) is 16.3. The van der Waals surface area contributed by atoms with E-state index >= 15 is 0 Å². The van der Waals surface area contributed by atoms with Crippen LogP contribution in [0.5, 0.6) is 0 Å². The number of allylic oxidation sites excluding steroid dienone is 1. The molecular weight excluding hydrogens is 409 g/mol. The van der Waals surface area contributed by atoms with Crippen molar-refractivity contribution < 1.29 is 27.6 Å². The third-order valence-electron chi connectivity index (χ3n) is 5.58. The van der Waals surface area contributed by atoms with Gasteiger partial charge in [-0.2, -0.15) is 13.2 Å². The number of alkyl halides is 3. The number of carbonyl (C=O) groups is 3. The molecule has 0 saturated heterocycles. The largest absolute Gasteiger partial charge is 0.416 e. The van der Waals surface area contributed by atoms with Crippen LogP contribution in [0, 0.1) is 5.92 Å². The van der Waals surface area contributed by atoms with Crippen molar-refractivity contribution in [2.75, 3.05) is 5.32 Å². The van der Waals surface area contributed by atoms with Crippen LogP contribution in [0.4, 0.5) is 18.9 Å². The van der Waals surface area contributed by atoms with Gasteiger partial charge in [-0.15, -0.1) is 0 Å². The van der Waals surface area contributed by atoms with Crippen LogP contribution in [0.15, 0.2) is 65.9 Å². The third-order valence-corrected chi connectivity index (χ3v) is 5.58. The molecule has 160 valence electrons. The molecule has 0 unspecified atom stereocenters. The molecule has 0 radical (unpaired) electrons. The molecule has 0 aromatic heterocycles. The molecule has 31 heavy (non-hydrogen) atoms. The van der Waals surface area contributed by atoms with Gasteiger partial charge in [0.2, 0.25) is 11.8 Å². The maximum absolute atomic E-state index is 12.9. The number of ketones is 1. The Morgan fingerprint density at radius 2 is 1.71 bits per heavy atom. The van der Waals surface area contributed by atoms with Gasteiger partial charge in [0.1, 0.15) is 0 Å². The predicted octanol–water partition coefficient (Wildman–Crippen LogP) is 4.18. The minimum atomic E-state index is -4.55. The van der Waals surface area contributed by atoms with Crippen molar-refractivity contribution in [3.8, 4) is 0 Å². The van der Waals surface area contributed by atoms with Gasteiger partial charge in [-0.05, 0) is 36.1 Å². The number of halogens is 3. The molecule has 8 heteroatoms. The van der Waals surface area contributed by atoms with Gasteiger partial charge in [0.25, 0.3) is 0 Å². The molecule has 2 aromatic carbocycles. The molecule has 1 aliphatic carbocycles. The molecule has 0 fully saturated rings. The van der Waals surface area contributed by atoms with Crippen molar-refractivity contribution in [3.63, 3.8) is 0 Å². The SMILES string of the molecule is O=C1C[C@@H](C(=O)Nc2cccc(C(F)(F)F)c2)C2=C(C[C@H](c3ccccc3)CC2=O)N1. The molecule has 0 saturated carbocycles. The second-order valence-corrected chi connectivity index (χ2v) is 7.70. The van der Waals surface area contributed by atoms with Gasteiger partial charge in [0.05, 0.1) is 11.5 Å². The summed E-state index contributed by atoms with van der Waals surface area (Å²) in [6, 6.07) is 13.7. The lowest BCUT2D eigenvalue weighted by Crippen LogP contribution is -2.43. The quantitative estimate of drug-likeness (QED) is 0.770. The fourth-order valence-electron chi connectivity index (χ4n) is 4.15. The standard InChI is InChI=1S/C23H19F3N2O3/c24-23(25,26)15-7-4-8-16(11-15)27-22(31)17-12-20(30)28-18-9-14(10-19(29)21(17)18)13-5-2-1-3-6-13/h1-8,11,14,17H,9-10,12H2,(H,27,31)(H,28,30)/t14-,17+/m0/s1. The fourth-order valence-corrected chi connectivity index (χ4v) is 4.15. The molecule has 4 rings (SSSR count). The van der Waals surface area contributed by atoms with Gasteiger partial charge in [0, 0.05) is 29.8 Å². The minimum absolute atomic E-state index is 0.0432. The number of Topliss-reactive ketones (excluding diaryl/α,β-unsaturated/α-hetero) is 1. The number of carbonyl (C=O) groups excluding carboxylic acids is 3. The van der Waals surface area contributed by atoms with E-state index in [1.165, 1.54) is 12.1 Å². The Hall–Kier alpha value is -3.42. The number of amides is 2. The molecule has 0 spiro atoms. The first-order valence-corrected chi connectivity index (χ1v) is 9.81. The Balaban J connectivity index is 1.59. The Kier molecular flexibility index (Phi) is 5.39. The maximum Gasteiger partial charge on any atom is 0.416 e. The van der Waals surface area contributed by atoms with Crippen molar-refractivity contribution in [1.82, 2.24) is 5.32 Å². The van der Waals surface area contributed by atoms with Crippen molar-refractivity contribution in [3.05, 3.63) is 77.0 Å². The first-order chi connectivity index (χ1) is 14.7. The molecule has 1 aliphatic heterocycles. The molecule has 2 atom stereocenters. The first kappa shape index (κ1) is 20.8. The molecule has 0 bridgehead atoms. The minimum Gasteiger partial charge on any atom is -0.329 e. The lowest BCUT2D eigenvalue weighted by molar-refractivity contribution is -0.137. The van der Waals surface area contributed by atoms with E-state index in [0.29, 0.717) is 12.1 Å². The van der Waals surface area contributed by atoms with Crippen LogP contribution < -0.4 is 10.6 Å². The Morgan fingerprint density at radius 1 is 0.968 bits per heavy atom. The number of hydrogen-bond acceptors (Lipinski definition) is 3. The van der Waals surface area contributed by atoms with Crippen LogP contribution in [-0.4, -0.2) is 17.6 Å². The summed E-state index contributed by atoms with van der Waals surface area (Å²) in [6.07, 6.45) is -4.17. The van der Waals surface area contributed by atoms with Gasteiger partial charge in [-0.3, -0.25) is 14.4 Å². The van der Waals surface area contributed by atoms with Gasteiger partial charge >= 0.3 is 6.18 Å². The highest BCUT2D eigenvalue weighted by molar-refractivity contribution is 6.09. The van der Waals surface area contributed by atoms with Gasteiger partial charge in [-0.1, -0.05) is 36.4 Å². The number of rotatable bonds is 3. The van der Waals surface area contributed by atoms with Crippen LogP contribution in [0.1, 0.15) is 36.3 Å². The summed E-state index contributed by atoms with van der Waals surface area (Å²) < 4.78 is 38.8. The maximum atomic E-state index is 12.9. The zero-order valence-corrected chi connectivity index (χ0v) is 16.3. The van der Waals surface area contributed by atoms with Crippen molar-refractivity contribution >= 4 is 23.3 Å². The average molecular weight is 428 g/mol. The van der Waals surface area contributed by atoms with Crippen molar-refractivity contribution in [1.29, 1.82) is 0 Å². The van der Waals surface area contributed by atoms with Crippen LogP contribution in [0.25, 0.3) is 0 Å². The Morgan fingerprint density at radius 3 is 2.42 bits per heavy atom. The predicted molar refractivity (Wildman–Crippen MR) is 107 cm³/mol. The van der Waals surface area contributed by atoms with E-state index in [0.717, 1.165) is 17.7 Å². The molecule has 2 amide bonds. The highest BCUT2D eigenvalue weighted by Crippen LogP contribution is 2.39. The zero-order chi connectivity index (χ0) is 22.2. The molecular formula is C23H19F3N2O3. The Labute approximate surface area is 176 Å². The van der Waals surface area contributed by atoms with Gasteiger partial charge in [0.15, 0.2) is 5.78 Å². The van der Waals surface area contributed by atoms with Crippen molar-refractivity contribution in [2.45, 2.75) is 31.4 Å². The lowest BCUT2D eigenvalue weighted by atomic mass is 9.75. The molecule has 2 aliphatic rings. The summed E-state index contributed by atoms with van der Waals surface area (Å²) in [4.78, 5) is 38.0. The first-order valence-electron chi connectivity index (χ1n) is 9.81. The van der Waals surface area contributed by atoms with Gasteiger partial charge in [-0.25, -0.2) is 0 Å². The summed E-state index contributed by atoms with van der Waals surface area (Å²) >= 11 is 0. The van der Waals surface area contributed by atoms with E-state index in [1.54, 1.807) is 0 Å². The van der Waals surface area contributed by atoms with E-state index in [1.807, 2.05) is 30.3 Å². The average Bonchev–Trinajstić information content (AvgIpc) is 2.73. The van der Waals surface area contributed by atoms with Crippen LogP contribution in [0.2, 0.25) is 0 Å². The van der Waals surface area contributed by atoms with E-state index < -0.39 is 29.5 Å². The molecule has 1 heterocycles. The molecule has 2 aromatic rings. The fraction of sp³-hybridized carbons (Fsp3) is 0.261. The highest BCUT2D eigenvalue weighted by atomic mass is 19.4. The van der Waals surface area contributed by atoms with E-state index in [-0.39, 0.29) is 35.8 Å². The normalized spacial score (nSPS) is 21.4. The Bertz CT molecular complexity index is 1080. The van der Waals surface area contributed by atoms with Gasteiger partial charge < -0.3 is 10.6 Å². The summed E-state index contributed by atoms with van der Waals surface area (Å²) in [6.45, 7) is 0. The van der Waals surface area contributed by atoms with E-state index in [2.05, 4.69) is 10.6 Å². The van der Waals surface area contributed by atoms with Crippen LogP contribution in [0.3, 0.4) is 0 Å². The monoisotopic (exact) mass is 428 g/mol. The van der Waals surface area contributed by atoms with Crippen LogP contribution >= 0.6 is 0 Å². The number of benzene rings is 2. The van der Waals surface area contributed by atoms with E-state index in [4.69, 9.17) is 0 Å². The second-order valence-electron chi connectivity index (χ2n) is 7.70. The number of nitrogens with one attached hydrogen (secondary N) is 2. The molecule has 5 nitrogen and oxygen atoms in total. The van der Waals surface area contributed by atoms with Crippen molar-refractivity contribution in [2.24, 2.45) is 5.92 Å². The molecule has 2 N–H and O–H groups in total. The number of hydrogen-bond donors (Lipinski definition) is 2.